The van der Waals surface area contributed by atoms with Crippen LogP contribution in [0.1, 0.15) is 5.56 Å². The molecule has 0 atom stereocenters. The zero-order valence-corrected chi connectivity index (χ0v) is 10.3. The van der Waals surface area contributed by atoms with E-state index >= 15 is 0 Å². The predicted octanol–water partition coefficient (Wildman–Crippen LogP) is 1.59. The molecule has 20 heavy (non-hydrogen) atoms. The van der Waals surface area contributed by atoms with E-state index in [9.17, 15) is 14.4 Å². The smallest absolute Gasteiger partial charge is 0.273 e. The zero-order chi connectivity index (χ0) is 14.1. The van der Waals surface area contributed by atoms with E-state index in [4.69, 9.17) is 0 Å². The van der Waals surface area contributed by atoms with Crippen molar-refractivity contribution in [3.8, 4) is 0 Å². The average Bonchev–Trinajstić information content (AvgIpc) is 2.43. The van der Waals surface area contributed by atoms with Crippen LogP contribution in [0.2, 0.25) is 0 Å². The van der Waals surface area contributed by atoms with Crippen LogP contribution < -0.4 is 10.6 Å². The van der Waals surface area contributed by atoms with Crippen LogP contribution in [0.5, 0.6) is 0 Å². The Hall–Kier alpha value is -2.95. The zero-order valence-electron chi connectivity index (χ0n) is 10.3. The Bertz CT molecular complexity index is 750. The van der Waals surface area contributed by atoms with Crippen LogP contribution in [0.25, 0.3) is 16.8 Å². The highest BCUT2D eigenvalue weighted by Gasteiger charge is 2.27. The molecule has 1 aliphatic heterocycles. The maximum atomic E-state index is 11.7. The van der Waals surface area contributed by atoms with Gasteiger partial charge in [-0.2, -0.15) is 0 Å². The first-order valence-corrected chi connectivity index (χ1v) is 6.01. The van der Waals surface area contributed by atoms with E-state index in [-0.39, 0.29) is 5.57 Å². The van der Waals surface area contributed by atoms with Gasteiger partial charge in [-0.05, 0) is 22.4 Å². The van der Waals surface area contributed by atoms with Crippen molar-refractivity contribution < 1.29 is 14.4 Å². The van der Waals surface area contributed by atoms with E-state index < -0.39 is 17.8 Å². The van der Waals surface area contributed by atoms with Crippen LogP contribution >= 0.6 is 0 Å². The van der Waals surface area contributed by atoms with Gasteiger partial charge in [0.25, 0.3) is 11.8 Å². The van der Waals surface area contributed by atoms with Crippen LogP contribution in [0, 0.1) is 0 Å². The van der Waals surface area contributed by atoms with Gasteiger partial charge in [0.15, 0.2) is 0 Å². The van der Waals surface area contributed by atoms with Crippen LogP contribution in [0.3, 0.4) is 0 Å². The molecule has 2 aromatic carbocycles. The van der Waals surface area contributed by atoms with E-state index in [1.54, 1.807) is 0 Å². The second-order valence-electron chi connectivity index (χ2n) is 4.36. The van der Waals surface area contributed by atoms with Crippen molar-refractivity contribution in [2.75, 3.05) is 0 Å². The number of benzene rings is 2. The lowest BCUT2D eigenvalue weighted by molar-refractivity contribution is -0.123. The summed E-state index contributed by atoms with van der Waals surface area (Å²) in [5, 5.41) is 6.04. The molecule has 1 saturated heterocycles. The highest BCUT2D eigenvalue weighted by Crippen LogP contribution is 2.21. The van der Waals surface area contributed by atoms with Gasteiger partial charge >= 0.3 is 6.03 Å². The summed E-state index contributed by atoms with van der Waals surface area (Å²) in [6.07, 6.45) is 1.49. The third kappa shape index (κ3) is 2.05. The second-order valence-corrected chi connectivity index (χ2v) is 4.36. The highest BCUT2D eigenvalue weighted by molar-refractivity contribution is 6.31. The molecule has 1 aliphatic rings. The molecule has 0 aliphatic carbocycles. The summed E-state index contributed by atoms with van der Waals surface area (Å²) >= 11 is 0. The Morgan fingerprint density at radius 1 is 0.800 bits per heavy atom. The van der Waals surface area contributed by atoms with Crippen molar-refractivity contribution in [3.63, 3.8) is 0 Å². The minimum atomic E-state index is -0.796. The van der Waals surface area contributed by atoms with Gasteiger partial charge in [0, 0.05) is 0 Å². The second kappa shape index (κ2) is 4.62. The number of barbiturate groups is 1. The summed E-state index contributed by atoms with van der Waals surface area (Å²) in [4.78, 5) is 34.4. The first-order chi connectivity index (χ1) is 9.65. The van der Waals surface area contributed by atoms with Crippen molar-refractivity contribution in [1.82, 2.24) is 10.6 Å². The number of amides is 4. The lowest BCUT2D eigenvalue weighted by atomic mass is 10.0. The predicted molar refractivity (Wildman–Crippen MR) is 73.6 cm³/mol. The molecule has 0 spiro atoms. The first kappa shape index (κ1) is 12.1. The van der Waals surface area contributed by atoms with Gasteiger partial charge in [0.2, 0.25) is 0 Å². The van der Waals surface area contributed by atoms with Gasteiger partial charge in [-0.15, -0.1) is 0 Å². The summed E-state index contributed by atoms with van der Waals surface area (Å²) in [7, 11) is 0. The van der Waals surface area contributed by atoms with E-state index in [1.807, 2.05) is 53.1 Å². The first-order valence-electron chi connectivity index (χ1n) is 6.01. The van der Waals surface area contributed by atoms with Crippen LogP contribution in [0.4, 0.5) is 4.79 Å². The number of hydrogen-bond acceptors (Lipinski definition) is 3. The topological polar surface area (TPSA) is 75.3 Å². The van der Waals surface area contributed by atoms with Gasteiger partial charge in [0.05, 0.1) is 0 Å². The number of fused-ring (bicyclic) bond motifs is 1. The molecule has 5 heteroatoms. The largest absolute Gasteiger partial charge is 0.328 e. The molecular formula is C15H10N2O3. The highest BCUT2D eigenvalue weighted by atomic mass is 16.2. The van der Waals surface area contributed by atoms with Crippen molar-refractivity contribution in [1.29, 1.82) is 0 Å². The molecule has 1 heterocycles. The number of urea groups is 1. The summed E-state index contributed by atoms with van der Waals surface area (Å²) in [6.45, 7) is 0. The van der Waals surface area contributed by atoms with Crippen LogP contribution in [0.15, 0.2) is 48.0 Å². The number of carbonyl (C=O) groups excluding carboxylic acids is 3. The Kier molecular flexibility index (Phi) is 2.80. The Morgan fingerprint density at radius 3 is 2.20 bits per heavy atom. The van der Waals surface area contributed by atoms with Gasteiger partial charge in [-0.1, -0.05) is 42.5 Å². The molecule has 2 aromatic rings. The van der Waals surface area contributed by atoms with E-state index in [2.05, 4.69) is 0 Å². The number of hydrogen-bond donors (Lipinski definition) is 2. The molecule has 0 aromatic heterocycles. The molecule has 98 valence electrons. The lowest BCUT2D eigenvalue weighted by Crippen LogP contribution is -2.51. The average molecular weight is 266 g/mol. The number of nitrogens with one attached hydrogen (secondary N) is 2. The standard InChI is InChI=1S/C15H10N2O3/c18-13-12(14(19)17-15(20)16-13)8-10-6-3-5-9-4-1-2-7-11(9)10/h1-8H,(H2,16,17,18,19,20). The Morgan fingerprint density at radius 2 is 1.45 bits per heavy atom. The Labute approximate surface area is 114 Å². The third-order valence-electron chi connectivity index (χ3n) is 3.07. The summed E-state index contributed by atoms with van der Waals surface area (Å²) in [6, 6.07) is 12.5. The summed E-state index contributed by atoms with van der Waals surface area (Å²) in [5.41, 5.74) is 0.665. The van der Waals surface area contributed by atoms with Gasteiger partial charge in [0.1, 0.15) is 5.57 Å². The van der Waals surface area contributed by atoms with Gasteiger partial charge in [-0.3, -0.25) is 20.2 Å². The molecule has 0 saturated carbocycles. The van der Waals surface area contributed by atoms with Gasteiger partial charge < -0.3 is 0 Å². The quantitative estimate of drug-likeness (QED) is 0.608. The molecule has 2 N–H and O–H groups in total. The normalized spacial score (nSPS) is 15.0. The Balaban J connectivity index is 2.12. The SMILES string of the molecule is O=C1NC(=O)C(=Cc2cccc3ccccc23)C(=O)N1. The minimum absolute atomic E-state index is 0.0825. The minimum Gasteiger partial charge on any atom is -0.273 e. The number of carbonyl (C=O) groups is 3. The van der Waals surface area contributed by atoms with Gasteiger partial charge in [-0.25, -0.2) is 4.79 Å². The fourth-order valence-corrected chi connectivity index (χ4v) is 2.14. The van der Waals surface area contributed by atoms with Crippen molar-refractivity contribution in [3.05, 3.63) is 53.6 Å². The fourth-order valence-electron chi connectivity index (χ4n) is 2.14. The van der Waals surface area contributed by atoms with E-state index in [0.717, 1.165) is 16.3 Å². The molecule has 1 fully saturated rings. The monoisotopic (exact) mass is 266 g/mol. The molecule has 4 amide bonds. The molecule has 5 nitrogen and oxygen atoms in total. The molecule has 3 rings (SSSR count). The van der Waals surface area contributed by atoms with E-state index in [0.29, 0.717) is 0 Å². The number of imide groups is 2. The molecular weight excluding hydrogens is 256 g/mol. The maximum absolute atomic E-state index is 11.7. The van der Waals surface area contributed by atoms with Crippen molar-refractivity contribution in [2.45, 2.75) is 0 Å². The van der Waals surface area contributed by atoms with Crippen LogP contribution in [-0.2, 0) is 9.59 Å². The third-order valence-corrected chi connectivity index (χ3v) is 3.07. The summed E-state index contributed by atoms with van der Waals surface area (Å²) < 4.78 is 0. The molecule has 0 bridgehead atoms. The van der Waals surface area contributed by atoms with Crippen molar-refractivity contribution in [2.24, 2.45) is 0 Å². The maximum Gasteiger partial charge on any atom is 0.328 e. The molecule has 0 unspecified atom stereocenters. The lowest BCUT2D eigenvalue weighted by Gasteiger charge is -2.14. The summed E-state index contributed by atoms with van der Waals surface area (Å²) in [5.74, 6) is -1.38. The van der Waals surface area contributed by atoms with E-state index in [1.165, 1.54) is 6.08 Å². The van der Waals surface area contributed by atoms with Crippen molar-refractivity contribution >= 4 is 34.7 Å². The van der Waals surface area contributed by atoms with Crippen LogP contribution in [-0.4, -0.2) is 17.8 Å². The number of rotatable bonds is 1. The molecule has 0 radical (unpaired) electrons. The fraction of sp³-hybridized carbons (Fsp3) is 0.